The first-order chi connectivity index (χ1) is 9.81. The molecule has 2 aromatic rings. The van der Waals surface area contributed by atoms with Crippen molar-refractivity contribution in [1.82, 2.24) is 4.98 Å². The first-order valence-corrected chi connectivity index (χ1v) is 7.65. The predicted octanol–water partition coefficient (Wildman–Crippen LogP) is 3.32. The van der Waals surface area contributed by atoms with Crippen LogP contribution in [0, 0.1) is 5.92 Å². The number of fused-ring (bicyclic) bond motifs is 1. The van der Waals surface area contributed by atoms with Crippen LogP contribution in [0.25, 0.3) is 10.9 Å². The average molecular weight is 269 g/mol. The molecule has 1 fully saturated rings. The van der Waals surface area contributed by atoms with Crippen molar-refractivity contribution >= 4 is 16.6 Å². The van der Waals surface area contributed by atoms with Gasteiger partial charge in [0.2, 0.25) is 0 Å². The van der Waals surface area contributed by atoms with Gasteiger partial charge < -0.3 is 10.6 Å². The number of hydrogen-bond donors (Lipinski definition) is 1. The fraction of sp³-hybridized carbons (Fsp3) is 0.471. The van der Waals surface area contributed by atoms with Crippen LogP contribution in [0.15, 0.2) is 30.3 Å². The fourth-order valence-electron chi connectivity index (χ4n) is 2.96. The smallest absolute Gasteiger partial charge is 0.0726 e. The van der Waals surface area contributed by atoms with E-state index in [1.165, 1.54) is 30.3 Å². The summed E-state index contributed by atoms with van der Waals surface area (Å²) in [7, 11) is 0. The summed E-state index contributed by atoms with van der Waals surface area (Å²) in [5.41, 5.74) is 9.14. The lowest BCUT2D eigenvalue weighted by Crippen LogP contribution is -2.32. The fourth-order valence-corrected chi connectivity index (χ4v) is 2.96. The van der Waals surface area contributed by atoms with E-state index in [1.807, 2.05) is 6.07 Å². The Hall–Kier alpha value is -1.61. The molecule has 1 aromatic heterocycles. The minimum Gasteiger partial charge on any atom is -0.371 e. The summed E-state index contributed by atoms with van der Waals surface area (Å²) in [5.74, 6) is 0.864. The third-order valence-corrected chi connectivity index (χ3v) is 4.38. The Kier molecular flexibility index (Phi) is 3.88. The van der Waals surface area contributed by atoms with Crippen molar-refractivity contribution in [2.45, 2.75) is 32.7 Å². The molecule has 1 aromatic carbocycles. The molecule has 20 heavy (non-hydrogen) atoms. The molecule has 0 bridgehead atoms. The Morgan fingerprint density at radius 3 is 2.75 bits per heavy atom. The van der Waals surface area contributed by atoms with Gasteiger partial charge in [-0.3, -0.25) is 4.98 Å². The van der Waals surface area contributed by atoms with E-state index >= 15 is 0 Å². The van der Waals surface area contributed by atoms with Gasteiger partial charge in [0.15, 0.2) is 0 Å². The molecule has 0 saturated heterocycles. The van der Waals surface area contributed by atoms with E-state index < -0.39 is 0 Å². The summed E-state index contributed by atoms with van der Waals surface area (Å²) in [4.78, 5) is 7.13. The largest absolute Gasteiger partial charge is 0.371 e. The predicted molar refractivity (Wildman–Crippen MR) is 84.9 cm³/mol. The normalized spacial score (nSPS) is 15.3. The number of para-hydroxylation sites is 1. The van der Waals surface area contributed by atoms with Crippen molar-refractivity contribution in [3.8, 4) is 0 Å². The number of hydrogen-bond acceptors (Lipinski definition) is 3. The van der Waals surface area contributed by atoms with Gasteiger partial charge >= 0.3 is 0 Å². The first-order valence-electron chi connectivity index (χ1n) is 7.65. The monoisotopic (exact) mass is 269 g/mol. The number of benzene rings is 1. The molecular formula is C17H23N3. The zero-order valence-electron chi connectivity index (χ0n) is 12.2. The van der Waals surface area contributed by atoms with E-state index in [4.69, 9.17) is 5.73 Å². The van der Waals surface area contributed by atoms with Crippen LogP contribution in [0.1, 0.15) is 31.9 Å². The van der Waals surface area contributed by atoms with Gasteiger partial charge in [0.1, 0.15) is 0 Å². The maximum Gasteiger partial charge on any atom is 0.0726 e. The van der Waals surface area contributed by atoms with Crippen LogP contribution >= 0.6 is 0 Å². The summed E-state index contributed by atoms with van der Waals surface area (Å²) in [6.45, 7) is 4.93. The molecule has 3 heteroatoms. The van der Waals surface area contributed by atoms with Crippen LogP contribution in [-0.4, -0.2) is 18.1 Å². The van der Waals surface area contributed by atoms with E-state index in [2.05, 4.69) is 41.1 Å². The lowest BCUT2D eigenvalue weighted by atomic mass is 9.85. The molecule has 0 radical (unpaired) electrons. The van der Waals surface area contributed by atoms with Gasteiger partial charge in [0.05, 0.1) is 11.2 Å². The van der Waals surface area contributed by atoms with Crippen molar-refractivity contribution in [2.24, 2.45) is 11.7 Å². The Bertz CT molecular complexity index is 590. The summed E-state index contributed by atoms with van der Waals surface area (Å²) >= 11 is 0. The second-order valence-electron chi connectivity index (χ2n) is 5.69. The van der Waals surface area contributed by atoms with Gasteiger partial charge in [0.25, 0.3) is 0 Å². The van der Waals surface area contributed by atoms with E-state index in [1.54, 1.807) is 0 Å². The topological polar surface area (TPSA) is 42.1 Å². The van der Waals surface area contributed by atoms with E-state index in [0.717, 1.165) is 30.2 Å². The standard InChI is InChI=1S/C17H23N3/c1-2-20(12-13-6-5-7-13)17-10-14(11-18)19-16-9-4-3-8-15(16)17/h3-4,8-10,13H,2,5-7,11-12,18H2,1H3. The van der Waals surface area contributed by atoms with Gasteiger partial charge in [-0.1, -0.05) is 24.6 Å². The molecular weight excluding hydrogens is 246 g/mol. The maximum atomic E-state index is 5.81. The number of pyridine rings is 1. The highest BCUT2D eigenvalue weighted by Gasteiger charge is 2.21. The average Bonchev–Trinajstić information content (AvgIpc) is 2.45. The highest BCUT2D eigenvalue weighted by Crippen LogP contribution is 2.32. The third-order valence-electron chi connectivity index (χ3n) is 4.38. The van der Waals surface area contributed by atoms with Crippen molar-refractivity contribution in [3.05, 3.63) is 36.0 Å². The van der Waals surface area contributed by atoms with E-state index in [9.17, 15) is 0 Å². The summed E-state index contributed by atoms with van der Waals surface area (Å²) in [6, 6.07) is 10.6. The molecule has 0 amide bonds. The molecule has 3 rings (SSSR count). The molecule has 3 nitrogen and oxygen atoms in total. The summed E-state index contributed by atoms with van der Waals surface area (Å²) < 4.78 is 0. The third kappa shape index (κ3) is 2.50. The van der Waals surface area contributed by atoms with Crippen LogP contribution in [-0.2, 0) is 6.54 Å². The molecule has 106 valence electrons. The zero-order valence-corrected chi connectivity index (χ0v) is 12.2. The number of rotatable bonds is 5. The number of nitrogens with zero attached hydrogens (tertiary/aromatic N) is 2. The minimum absolute atomic E-state index is 0.499. The van der Waals surface area contributed by atoms with Crippen LogP contribution in [0.5, 0.6) is 0 Å². The van der Waals surface area contributed by atoms with Gasteiger partial charge in [-0.15, -0.1) is 0 Å². The van der Waals surface area contributed by atoms with Gasteiger partial charge in [-0.05, 0) is 37.8 Å². The van der Waals surface area contributed by atoms with Crippen molar-refractivity contribution < 1.29 is 0 Å². The maximum absolute atomic E-state index is 5.81. The Morgan fingerprint density at radius 2 is 2.10 bits per heavy atom. The van der Waals surface area contributed by atoms with Gasteiger partial charge in [-0.2, -0.15) is 0 Å². The van der Waals surface area contributed by atoms with Gasteiger partial charge in [-0.25, -0.2) is 0 Å². The molecule has 0 atom stereocenters. The number of aromatic nitrogens is 1. The Morgan fingerprint density at radius 1 is 1.30 bits per heavy atom. The zero-order chi connectivity index (χ0) is 13.9. The number of nitrogens with two attached hydrogens (primary N) is 1. The van der Waals surface area contributed by atoms with Gasteiger partial charge in [0, 0.05) is 30.7 Å². The first kappa shape index (κ1) is 13.4. The Balaban J connectivity index is 2.02. The van der Waals surface area contributed by atoms with E-state index in [-0.39, 0.29) is 0 Å². The SMILES string of the molecule is CCN(CC1CCC1)c1cc(CN)nc2ccccc12. The van der Waals surface area contributed by atoms with Crippen LogP contribution in [0.3, 0.4) is 0 Å². The van der Waals surface area contributed by atoms with Crippen molar-refractivity contribution in [3.63, 3.8) is 0 Å². The highest BCUT2D eigenvalue weighted by molar-refractivity contribution is 5.92. The molecule has 0 unspecified atom stereocenters. The number of anilines is 1. The molecule has 1 heterocycles. The van der Waals surface area contributed by atoms with Crippen LogP contribution in [0.2, 0.25) is 0 Å². The van der Waals surface area contributed by atoms with E-state index in [0.29, 0.717) is 6.54 Å². The second kappa shape index (κ2) is 5.80. The highest BCUT2D eigenvalue weighted by atomic mass is 15.1. The molecule has 0 aliphatic heterocycles. The quantitative estimate of drug-likeness (QED) is 0.905. The molecule has 1 aliphatic rings. The molecule has 2 N–H and O–H groups in total. The van der Waals surface area contributed by atoms with Crippen LogP contribution in [0.4, 0.5) is 5.69 Å². The molecule has 0 spiro atoms. The lowest BCUT2D eigenvalue weighted by Gasteiger charge is -2.33. The van der Waals surface area contributed by atoms with Crippen molar-refractivity contribution in [1.29, 1.82) is 0 Å². The Labute approximate surface area is 120 Å². The van der Waals surface area contributed by atoms with Crippen LogP contribution < -0.4 is 10.6 Å². The lowest BCUT2D eigenvalue weighted by molar-refractivity contribution is 0.318. The van der Waals surface area contributed by atoms with Crippen molar-refractivity contribution in [2.75, 3.05) is 18.0 Å². The second-order valence-corrected chi connectivity index (χ2v) is 5.69. The summed E-state index contributed by atoms with van der Waals surface area (Å²) in [6.07, 6.45) is 4.15. The summed E-state index contributed by atoms with van der Waals surface area (Å²) in [5, 5.41) is 1.24. The molecule has 1 aliphatic carbocycles. The minimum atomic E-state index is 0.499. The molecule has 1 saturated carbocycles.